The molecule has 0 aromatic heterocycles. The average Bonchev–Trinajstić information content (AvgIpc) is 2.57. The van der Waals surface area contributed by atoms with Crippen LogP contribution in [0.3, 0.4) is 0 Å². The molecule has 3 rings (SSSR count). The summed E-state index contributed by atoms with van der Waals surface area (Å²) in [5.41, 5.74) is 2.67. The van der Waals surface area contributed by atoms with Crippen LogP contribution in [0.5, 0.6) is 5.75 Å². The summed E-state index contributed by atoms with van der Waals surface area (Å²) in [5, 5.41) is 3.47. The van der Waals surface area contributed by atoms with E-state index in [1.165, 1.54) is 24.0 Å². The van der Waals surface area contributed by atoms with Crippen molar-refractivity contribution in [3.05, 3.63) is 29.3 Å². The molecule has 0 saturated carbocycles. The molecule has 122 valence electrons. The van der Waals surface area contributed by atoms with Gasteiger partial charge in [-0.3, -0.25) is 4.90 Å². The third kappa shape index (κ3) is 3.45. The summed E-state index contributed by atoms with van der Waals surface area (Å²) in [6.45, 7) is 8.40. The first-order valence-electron chi connectivity index (χ1n) is 8.46. The lowest BCUT2D eigenvalue weighted by Crippen LogP contribution is -2.47. The molecule has 1 aromatic rings. The van der Waals surface area contributed by atoms with Crippen LogP contribution in [0.1, 0.15) is 30.0 Å². The van der Waals surface area contributed by atoms with Crippen molar-refractivity contribution in [3.63, 3.8) is 0 Å². The van der Waals surface area contributed by atoms with Crippen molar-refractivity contribution >= 4 is 0 Å². The Morgan fingerprint density at radius 2 is 1.95 bits per heavy atom. The smallest absolute Gasteiger partial charge is 0.121 e. The van der Waals surface area contributed by atoms with Crippen LogP contribution in [0, 0.1) is 12.8 Å². The van der Waals surface area contributed by atoms with Gasteiger partial charge in [0, 0.05) is 45.4 Å². The molecule has 0 radical (unpaired) electrons. The molecule has 2 saturated heterocycles. The Morgan fingerprint density at radius 3 is 2.59 bits per heavy atom. The molecule has 1 N–H and O–H groups in total. The summed E-state index contributed by atoms with van der Waals surface area (Å²) < 4.78 is 11.0. The molecule has 2 heterocycles. The second-order valence-corrected chi connectivity index (χ2v) is 6.41. The van der Waals surface area contributed by atoms with Crippen molar-refractivity contribution in [2.24, 2.45) is 5.92 Å². The van der Waals surface area contributed by atoms with Gasteiger partial charge in [-0.1, -0.05) is 12.1 Å². The molecule has 1 atom stereocenters. The van der Waals surface area contributed by atoms with E-state index in [4.69, 9.17) is 9.47 Å². The van der Waals surface area contributed by atoms with E-state index in [0.717, 1.165) is 45.1 Å². The molecule has 1 aromatic carbocycles. The van der Waals surface area contributed by atoms with Gasteiger partial charge in [0.1, 0.15) is 5.75 Å². The highest BCUT2D eigenvalue weighted by Gasteiger charge is 2.31. The highest BCUT2D eigenvalue weighted by molar-refractivity contribution is 5.37. The fraction of sp³-hybridized carbons (Fsp3) is 0.667. The predicted octanol–water partition coefficient (Wildman–Crippen LogP) is 2.38. The summed E-state index contributed by atoms with van der Waals surface area (Å²) in [4.78, 5) is 2.66. The number of ether oxygens (including phenoxy) is 2. The largest absolute Gasteiger partial charge is 0.496 e. The molecule has 0 amide bonds. The molecule has 0 spiro atoms. The Morgan fingerprint density at radius 1 is 1.23 bits per heavy atom. The Balaban J connectivity index is 1.87. The zero-order valence-electron chi connectivity index (χ0n) is 13.8. The lowest BCUT2D eigenvalue weighted by molar-refractivity contribution is 0.0213. The Labute approximate surface area is 133 Å². The van der Waals surface area contributed by atoms with Gasteiger partial charge >= 0.3 is 0 Å². The quantitative estimate of drug-likeness (QED) is 0.926. The maximum absolute atomic E-state index is 5.58. The van der Waals surface area contributed by atoms with Crippen LogP contribution >= 0.6 is 0 Å². The maximum atomic E-state index is 5.58. The first-order chi connectivity index (χ1) is 10.8. The van der Waals surface area contributed by atoms with Crippen molar-refractivity contribution in [2.45, 2.75) is 25.8 Å². The minimum Gasteiger partial charge on any atom is -0.496 e. The van der Waals surface area contributed by atoms with E-state index < -0.39 is 0 Å². The monoisotopic (exact) mass is 304 g/mol. The SMILES string of the molecule is COc1ccc([C@@H](C2CCOCC2)N2CCNCC2)cc1C. The van der Waals surface area contributed by atoms with Crippen LogP contribution in [0.2, 0.25) is 0 Å². The highest BCUT2D eigenvalue weighted by Crippen LogP contribution is 2.36. The van der Waals surface area contributed by atoms with Gasteiger partial charge in [0.2, 0.25) is 0 Å². The number of piperazine rings is 1. The van der Waals surface area contributed by atoms with Gasteiger partial charge < -0.3 is 14.8 Å². The van der Waals surface area contributed by atoms with Crippen LogP contribution in [0.25, 0.3) is 0 Å². The van der Waals surface area contributed by atoms with Gasteiger partial charge in [0.15, 0.2) is 0 Å². The zero-order chi connectivity index (χ0) is 15.4. The van der Waals surface area contributed by atoms with Crippen LogP contribution in [0.15, 0.2) is 18.2 Å². The average molecular weight is 304 g/mol. The number of hydrogen-bond donors (Lipinski definition) is 1. The second-order valence-electron chi connectivity index (χ2n) is 6.41. The molecular formula is C18H28N2O2. The molecule has 2 aliphatic rings. The van der Waals surface area contributed by atoms with Crippen molar-refractivity contribution in [3.8, 4) is 5.75 Å². The lowest BCUT2D eigenvalue weighted by Gasteiger charge is -2.41. The van der Waals surface area contributed by atoms with Crippen LogP contribution in [0.4, 0.5) is 0 Å². The molecule has 2 aliphatic heterocycles. The fourth-order valence-electron chi connectivity index (χ4n) is 3.86. The van der Waals surface area contributed by atoms with Crippen LogP contribution in [-0.2, 0) is 4.74 Å². The van der Waals surface area contributed by atoms with Crippen molar-refractivity contribution in [1.29, 1.82) is 0 Å². The van der Waals surface area contributed by atoms with Gasteiger partial charge in [-0.25, -0.2) is 0 Å². The normalized spacial score (nSPS) is 22.5. The number of methoxy groups -OCH3 is 1. The molecule has 2 fully saturated rings. The standard InChI is InChI=1S/C18H28N2O2/c1-14-13-16(3-4-17(14)21-2)18(15-5-11-22-12-6-15)20-9-7-19-8-10-20/h3-4,13,15,18-19H,5-12H2,1-2H3/t18-/m1/s1. The number of benzene rings is 1. The summed E-state index contributed by atoms with van der Waals surface area (Å²) in [6, 6.07) is 7.21. The number of aryl methyl sites for hydroxylation is 1. The first-order valence-corrected chi connectivity index (χ1v) is 8.46. The summed E-state index contributed by atoms with van der Waals surface area (Å²) in [7, 11) is 1.74. The van der Waals surface area contributed by atoms with Crippen LogP contribution in [-0.4, -0.2) is 51.4 Å². The minimum atomic E-state index is 0.510. The Hall–Kier alpha value is -1.10. The Kier molecular flexibility index (Phi) is 5.34. The molecular weight excluding hydrogens is 276 g/mol. The summed E-state index contributed by atoms with van der Waals surface area (Å²) >= 11 is 0. The van der Waals surface area contributed by atoms with Gasteiger partial charge in [-0.15, -0.1) is 0 Å². The molecule has 4 heteroatoms. The van der Waals surface area contributed by atoms with Gasteiger partial charge in [0.25, 0.3) is 0 Å². The maximum Gasteiger partial charge on any atom is 0.121 e. The number of rotatable bonds is 4. The summed E-state index contributed by atoms with van der Waals surface area (Å²) in [5.74, 6) is 1.68. The highest BCUT2D eigenvalue weighted by atomic mass is 16.5. The lowest BCUT2D eigenvalue weighted by atomic mass is 9.85. The third-order valence-corrected chi connectivity index (χ3v) is 5.02. The van der Waals surface area contributed by atoms with E-state index >= 15 is 0 Å². The zero-order valence-corrected chi connectivity index (χ0v) is 13.8. The van der Waals surface area contributed by atoms with E-state index in [1.54, 1.807) is 7.11 Å². The first kappa shape index (κ1) is 15.8. The van der Waals surface area contributed by atoms with Gasteiger partial charge in [-0.05, 0) is 42.9 Å². The topological polar surface area (TPSA) is 33.7 Å². The fourth-order valence-corrected chi connectivity index (χ4v) is 3.86. The number of hydrogen-bond acceptors (Lipinski definition) is 4. The van der Waals surface area contributed by atoms with Crippen molar-refractivity contribution < 1.29 is 9.47 Å². The van der Waals surface area contributed by atoms with E-state index in [2.05, 4.69) is 35.3 Å². The number of nitrogens with one attached hydrogen (secondary N) is 1. The predicted molar refractivity (Wildman–Crippen MR) is 88.5 cm³/mol. The third-order valence-electron chi connectivity index (χ3n) is 5.02. The Bertz CT molecular complexity index is 462. The summed E-state index contributed by atoms with van der Waals surface area (Å²) in [6.07, 6.45) is 2.33. The van der Waals surface area contributed by atoms with Crippen LogP contribution < -0.4 is 10.1 Å². The molecule has 22 heavy (non-hydrogen) atoms. The second kappa shape index (κ2) is 7.44. The number of nitrogens with zero attached hydrogens (tertiary/aromatic N) is 1. The van der Waals surface area contributed by atoms with E-state index in [0.29, 0.717) is 12.0 Å². The molecule has 0 bridgehead atoms. The molecule has 4 nitrogen and oxygen atoms in total. The van der Waals surface area contributed by atoms with Crippen molar-refractivity contribution in [2.75, 3.05) is 46.5 Å². The molecule has 0 aliphatic carbocycles. The van der Waals surface area contributed by atoms with E-state index in [9.17, 15) is 0 Å². The molecule has 0 unspecified atom stereocenters. The van der Waals surface area contributed by atoms with E-state index in [-0.39, 0.29) is 0 Å². The van der Waals surface area contributed by atoms with Crippen molar-refractivity contribution in [1.82, 2.24) is 10.2 Å². The van der Waals surface area contributed by atoms with Gasteiger partial charge in [-0.2, -0.15) is 0 Å². The minimum absolute atomic E-state index is 0.510. The van der Waals surface area contributed by atoms with Gasteiger partial charge in [0.05, 0.1) is 7.11 Å². The van der Waals surface area contributed by atoms with E-state index in [1.807, 2.05) is 0 Å².